The third kappa shape index (κ3) is 18.0. The summed E-state index contributed by atoms with van der Waals surface area (Å²) in [6.45, 7) is 7.20. The van der Waals surface area contributed by atoms with Crippen LogP contribution in [0.15, 0.2) is 15.8 Å². The SMILES string of the molecule is CCCCCCCCCCCCOCC(CC(OP(=O)(O)O)[C@H]1O[C@@H](n2cc(C)c(=O)[nH]c2=O)C[C@@H]1O)OCCCCCCCCCC. The smallest absolute Gasteiger partial charge is 0.390 e. The summed E-state index contributed by atoms with van der Waals surface area (Å²) in [6, 6.07) is 0. The van der Waals surface area contributed by atoms with Crippen molar-refractivity contribution in [3.63, 3.8) is 0 Å². The molecule has 2 unspecified atom stereocenters. The highest BCUT2D eigenvalue weighted by Gasteiger charge is 2.44. The van der Waals surface area contributed by atoms with Crippen LogP contribution < -0.4 is 11.2 Å². The van der Waals surface area contributed by atoms with Crippen LogP contribution >= 0.6 is 7.82 Å². The number of phosphoric acid groups is 1. The summed E-state index contributed by atoms with van der Waals surface area (Å²) >= 11 is 0. The molecule has 1 aliphatic rings. The Morgan fingerprint density at radius 3 is 1.94 bits per heavy atom. The molecule has 2 rings (SSSR count). The summed E-state index contributed by atoms with van der Waals surface area (Å²) in [7, 11) is -4.99. The zero-order valence-corrected chi connectivity index (χ0v) is 30.7. The standard InChI is InChI=1S/C35H65N2O10P/c1-4-6-8-10-12-14-15-16-18-20-22-44-27-29(45-23-21-19-17-13-11-9-7-5-2)24-31(47-48(41,42)43)33-30(38)25-32(46-33)37-26-28(3)34(39)36-35(37)40/h26,29-33,38H,4-25,27H2,1-3H3,(H,36,39,40)(H2,41,42,43)/t29?,30-,31?,32+,33-/m0/s1. The van der Waals surface area contributed by atoms with E-state index >= 15 is 0 Å². The molecular formula is C35H65N2O10P. The normalized spacial score (nSPS) is 19.6. The predicted octanol–water partition coefficient (Wildman–Crippen LogP) is 6.82. The summed E-state index contributed by atoms with van der Waals surface area (Å²) in [4.78, 5) is 46.1. The molecule has 0 spiro atoms. The zero-order valence-electron chi connectivity index (χ0n) is 29.8. The molecule has 0 amide bonds. The maximum atomic E-state index is 12.5. The van der Waals surface area contributed by atoms with Gasteiger partial charge in [0.05, 0.1) is 18.8 Å². The number of aliphatic hydroxyl groups is 1. The van der Waals surface area contributed by atoms with Gasteiger partial charge in [-0.25, -0.2) is 9.36 Å². The fourth-order valence-corrected chi connectivity index (χ4v) is 6.79. The number of aromatic nitrogens is 2. The molecule has 13 heteroatoms. The van der Waals surface area contributed by atoms with Crippen LogP contribution in [0.1, 0.15) is 154 Å². The topological polar surface area (TPSA) is 170 Å². The van der Waals surface area contributed by atoms with Crippen molar-refractivity contribution >= 4 is 7.82 Å². The van der Waals surface area contributed by atoms with Gasteiger partial charge in [0, 0.05) is 37.8 Å². The predicted molar refractivity (Wildman–Crippen MR) is 187 cm³/mol. The van der Waals surface area contributed by atoms with Gasteiger partial charge in [-0.05, 0) is 19.8 Å². The molecule has 4 N–H and O–H groups in total. The highest BCUT2D eigenvalue weighted by Crippen LogP contribution is 2.43. The largest absolute Gasteiger partial charge is 0.469 e. The number of hydrogen-bond donors (Lipinski definition) is 4. The van der Waals surface area contributed by atoms with Crippen molar-refractivity contribution in [1.82, 2.24) is 9.55 Å². The van der Waals surface area contributed by atoms with Gasteiger partial charge in [-0.15, -0.1) is 0 Å². The Morgan fingerprint density at radius 1 is 0.875 bits per heavy atom. The van der Waals surface area contributed by atoms with Gasteiger partial charge in [0.1, 0.15) is 18.4 Å². The molecule has 48 heavy (non-hydrogen) atoms. The van der Waals surface area contributed by atoms with Gasteiger partial charge < -0.3 is 29.1 Å². The summed E-state index contributed by atoms with van der Waals surface area (Å²) in [5.74, 6) is 0. The van der Waals surface area contributed by atoms with Gasteiger partial charge in [0.2, 0.25) is 0 Å². The summed E-state index contributed by atoms with van der Waals surface area (Å²) in [5, 5.41) is 10.9. The van der Waals surface area contributed by atoms with Gasteiger partial charge in [-0.2, -0.15) is 0 Å². The van der Waals surface area contributed by atoms with E-state index in [-0.39, 0.29) is 25.0 Å². The molecular weight excluding hydrogens is 639 g/mol. The van der Waals surface area contributed by atoms with Crippen LogP contribution in [0.4, 0.5) is 0 Å². The highest BCUT2D eigenvalue weighted by molar-refractivity contribution is 7.46. The first-order valence-electron chi connectivity index (χ1n) is 18.6. The van der Waals surface area contributed by atoms with Crippen LogP contribution in [0.25, 0.3) is 0 Å². The first-order chi connectivity index (χ1) is 23.1. The first kappa shape index (κ1) is 42.8. The molecule has 0 radical (unpaired) electrons. The van der Waals surface area contributed by atoms with Crippen LogP contribution in [0, 0.1) is 6.92 Å². The van der Waals surface area contributed by atoms with Crippen molar-refractivity contribution in [2.24, 2.45) is 0 Å². The molecule has 12 nitrogen and oxygen atoms in total. The number of unbranched alkanes of at least 4 members (excludes halogenated alkanes) is 16. The summed E-state index contributed by atoms with van der Waals surface area (Å²) < 4.78 is 36.6. The average molecular weight is 705 g/mol. The number of rotatable bonds is 29. The van der Waals surface area contributed by atoms with Gasteiger partial charge in [-0.3, -0.25) is 18.9 Å². The average Bonchev–Trinajstić information content (AvgIpc) is 3.42. The number of H-pyrrole nitrogens is 1. The van der Waals surface area contributed by atoms with Gasteiger partial charge in [0.25, 0.3) is 5.56 Å². The number of phosphoric ester groups is 1. The van der Waals surface area contributed by atoms with E-state index in [1.165, 1.54) is 94.2 Å². The second kappa shape index (κ2) is 24.7. The Balaban J connectivity index is 1.96. The number of hydrogen-bond acceptors (Lipinski definition) is 8. The molecule has 1 saturated heterocycles. The van der Waals surface area contributed by atoms with Gasteiger partial charge in [0.15, 0.2) is 0 Å². The molecule has 1 fully saturated rings. The lowest BCUT2D eigenvalue weighted by molar-refractivity contribution is -0.105. The molecule has 0 bridgehead atoms. The molecule has 0 aromatic carbocycles. The Kier molecular flexibility index (Phi) is 22.0. The molecule has 0 aliphatic carbocycles. The van der Waals surface area contributed by atoms with E-state index in [0.717, 1.165) is 32.1 Å². The maximum Gasteiger partial charge on any atom is 0.469 e. The molecule has 0 saturated carbocycles. The minimum absolute atomic E-state index is 0.00809. The minimum atomic E-state index is -4.99. The second-order valence-electron chi connectivity index (χ2n) is 13.4. The molecule has 1 aromatic rings. The Bertz CT molecular complexity index is 1140. The minimum Gasteiger partial charge on any atom is -0.390 e. The molecule has 1 aromatic heterocycles. The van der Waals surface area contributed by atoms with E-state index in [1.807, 2.05) is 0 Å². The van der Waals surface area contributed by atoms with Crippen LogP contribution in [0.3, 0.4) is 0 Å². The van der Waals surface area contributed by atoms with Crippen molar-refractivity contribution in [1.29, 1.82) is 0 Å². The van der Waals surface area contributed by atoms with Crippen molar-refractivity contribution in [3.8, 4) is 0 Å². The molecule has 280 valence electrons. The quantitative estimate of drug-likeness (QED) is 0.0513. The number of aryl methyl sites for hydroxylation is 1. The van der Waals surface area contributed by atoms with Gasteiger partial charge >= 0.3 is 13.5 Å². The van der Waals surface area contributed by atoms with Gasteiger partial charge in [-0.1, -0.05) is 117 Å². The lowest BCUT2D eigenvalue weighted by Gasteiger charge is -2.29. The van der Waals surface area contributed by atoms with E-state index in [2.05, 4.69) is 18.8 Å². The Morgan fingerprint density at radius 2 is 1.40 bits per heavy atom. The zero-order chi connectivity index (χ0) is 35.2. The van der Waals surface area contributed by atoms with E-state index in [9.17, 15) is 29.0 Å². The highest BCUT2D eigenvalue weighted by atomic mass is 31.2. The van der Waals surface area contributed by atoms with E-state index in [1.54, 1.807) is 6.92 Å². The van der Waals surface area contributed by atoms with E-state index < -0.39 is 49.7 Å². The third-order valence-corrected chi connectivity index (χ3v) is 9.57. The molecule has 2 heterocycles. The van der Waals surface area contributed by atoms with E-state index in [4.69, 9.17) is 18.7 Å². The summed E-state index contributed by atoms with van der Waals surface area (Å²) in [5.41, 5.74) is -0.945. The number of nitrogens with one attached hydrogen (secondary N) is 1. The van der Waals surface area contributed by atoms with Crippen LogP contribution in [0.2, 0.25) is 0 Å². The lowest BCUT2D eigenvalue weighted by atomic mass is 10.0. The third-order valence-electron chi connectivity index (χ3n) is 9.02. The molecule has 5 atom stereocenters. The number of nitrogens with zero attached hydrogens (tertiary/aromatic N) is 1. The van der Waals surface area contributed by atoms with Crippen LogP contribution in [0.5, 0.6) is 0 Å². The number of ether oxygens (including phenoxy) is 3. The Hall–Kier alpha value is -1.37. The van der Waals surface area contributed by atoms with Crippen molar-refractivity contribution in [2.45, 2.75) is 180 Å². The monoisotopic (exact) mass is 704 g/mol. The number of aromatic amines is 1. The fourth-order valence-electron chi connectivity index (χ4n) is 6.23. The second-order valence-corrected chi connectivity index (χ2v) is 14.6. The first-order valence-corrected chi connectivity index (χ1v) is 20.2. The van der Waals surface area contributed by atoms with Crippen molar-refractivity contribution < 1.29 is 38.2 Å². The maximum absolute atomic E-state index is 12.5. The molecule has 1 aliphatic heterocycles. The summed E-state index contributed by atoms with van der Waals surface area (Å²) in [6.07, 6.45) is 17.6. The lowest BCUT2D eigenvalue weighted by Crippen LogP contribution is -2.40. The fraction of sp³-hybridized carbons (Fsp3) is 0.886. The Labute approximate surface area is 287 Å². The van der Waals surface area contributed by atoms with Crippen LogP contribution in [-0.2, 0) is 23.3 Å². The van der Waals surface area contributed by atoms with Crippen molar-refractivity contribution in [3.05, 3.63) is 32.6 Å². The van der Waals surface area contributed by atoms with Crippen molar-refractivity contribution in [2.75, 3.05) is 19.8 Å². The van der Waals surface area contributed by atoms with E-state index in [0.29, 0.717) is 13.2 Å². The number of aliphatic hydroxyl groups excluding tert-OH is 1. The van der Waals surface area contributed by atoms with Crippen LogP contribution in [-0.4, -0.2) is 68.7 Å².